The molecule has 0 saturated carbocycles. The van der Waals surface area contributed by atoms with Gasteiger partial charge in [-0.05, 0) is 48.5 Å². The molecule has 0 N–H and O–H groups in total. The van der Waals surface area contributed by atoms with Crippen molar-refractivity contribution in [1.29, 1.82) is 0 Å². The summed E-state index contributed by atoms with van der Waals surface area (Å²) < 4.78 is 40.4. The summed E-state index contributed by atoms with van der Waals surface area (Å²) in [5.41, 5.74) is 3.93. The van der Waals surface area contributed by atoms with Gasteiger partial charge in [0.15, 0.2) is 0 Å². The summed E-state index contributed by atoms with van der Waals surface area (Å²) in [5.74, 6) is 0. The van der Waals surface area contributed by atoms with Crippen LogP contribution in [-0.2, 0) is 6.18 Å². The highest BCUT2D eigenvalue weighted by molar-refractivity contribution is 7.23. The Bertz CT molecular complexity index is 1330. The van der Waals surface area contributed by atoms with E-state index in [1.54, 1.807) is 11.3 Å². The fraction of sp³-hybridized carbons (Fsp3) is 0.130. The van der Waals surface area contributed by atoms with Crippen LogP contribution in [-0.4, -0.2) is 24.1 Å². The molecule has 0 bridgehead atoms. The third-order valence-electron chi connectivity index (χ3n) is 4.99. The number of benzene rings is 3. The van der Waals surface area contributed by atoms with Crippen LogP contribution in [0.1, 0.15) is 5.56 Å². The molecule has 3 aromatic carbocycles. The van der Waals surface area contributed by atoms with Gasteiger partial charge in [0.1, 0.15) is 10.0 Å². The van der Waals surface area contributed by atoms with Crippen LogP contribution in [0.2, 0.25) is 0 Å². The first-order chi connectivity index (χ1) is 14.8. The molecule has 0 spiro atoms. The Hall–Kier alpha value is -2.97. The van der Waals surface area contributed by atoms with E-state index in [0.29, 0.717) is 10.6 Å². The second kappa shape index (κ2) is 7.32. The van der Waals surface area contributed by atoms with Gasteiger partial charge >= 0.3 is 6.18 Å². The Balaban J connectivity index is 1.49. The fourth-order valence-electron chi connectivity index (χ4n) is 3.30. The van der Waals surface area contributed by atoms with Crippen LogP contribution in [0, 0.1) is 0 Å². The normalized spacial score (nSPS) is 12.0. The molecule has 156 valence electrons. The quantitative estimate of drug-likeness (QED) is 0.285. The van der Waals surface area contributed by atoms with Crippen LogP contribution in [0.15, 0.2) is 60.7 Å². The second-order valence-corrected chi connectivity index (χ2v) is 9.40. The largest absolute Gasteiger partial charge is 0.416 e. The number of anilines is 1. The molecule has 0 amide bonds. The van der Waals surface area contributed by atoms with Gasteiger partial charge in [0.2, 0.25) is 0 Å². The van der Waals surface area contributed by atoms with E-state index in [1.165, 1.54) is 23.5 Å². The topological polar surface area (TPSA) is 29.0 Å². The highest BCUT2D eigenvalue weighted by atomic mass is 32.1. The minimum absolute atomic E-state index is 0.659. The lowest BCUT2D eigenvalue weighted by Crippen LogP contribution is -2.07. The SMILES string of the molecule is CN(C)c1ccc(-c2nc3cc4sc(-c5ccc(C(F)(F)F)cc5)nc4cc3s2)cc1. The van der Waals surface area contributed by atoms with E-state index in [0.717, 1.165) is 48.8 Å². The standard InChI is InChI=1S/C23H16F3N3S2/c1-29(2)16-9-5-14(6-10-16)22-28-18-12-19-17(11-20(18)31-22)27-21(30-19)13-3-7-15(8-4-13)23(24,25)26/h3-12H,1-2H3. The minimum Gasteiger partial charge on any atom is -0.378 e. The molecular weight excluding hydrogens is 439 g/mol. The first-order valence-corrected chi connectivity index (χ1v) is 11.1. The molecule has 2 aromatic heterocycles. The Labute approximate surface area is 184 Å². The third-order valence-corrected chi connectivity index (χ3v) is 7.12. The Morgan fingerprint density at radius 2 is 1.16 bits per heavy atom. The van der Waals surface area contributed by atoms with Crippen molar-refractivity contribution in [2.75, 3.05) is 19.0 Å². The van der Waals surface area contributed by atoms with Crippen molar-refractivity contribution in [3.8, 4) is 21.1 Å². The highest BCUT2D eigenvalue weighted by Gasteiger charge is 2.30. The molecule has 5 rings (SSSR count). The van der Waals surface area contributed by atoms with Crippen LogP contribution in [0.3, 0.4) is 0 Å². The maximum Gasteiger partial charge on any atom is 0.416 e. The van der Waals surface area contributed by atoms with Crippen LogP contribution in [0.25, 0.3) is 41.6 Å². The summed E-state index contributed by atoms with van der Waals surface area (Å²) in [4.78, 5) is 11.5. The zero-order chi connectivity index (χ0) is 21.8. The Morgan fingerprint density at radius 1 is 0.710 bits per heavy atom. The predicted octanol–water partition coefficient (Wildman–Crippen LogP) is 7.32. The summed E-state index contributed by atoms with van der Waals surface area (Å²) in [6.45, 7) is 0. The monoisotopic (exact) mass is 455 g/mol. The van der Waals surface area contributed by atoms with Gasteiger partial charge in [-0.2, -0.15) is 13.2 Å². The van der Waals surface area contributed by atoms with E-state index in [9.17, 15) is 13.2 Å². The molecule has 0 radical (unpaired) electrons. The van der Waals surface area contributed by atoms with Crippen molar-refractivity contribution in [3.05, 3.63) is 66.2 Å². The molecule has 0 aliphatic heterocycles. The van der Waals surface area contributed by atoms with E-state index in [1.807, 2.05) is 26.2 Å². The number of halogens is 3. The number of fused-ring (bicyclic) bond motifs is 2. The molecule has 3 nitrogen and oxygen atoms in total. The van der Waals surface area contributed by atoms with Crippen molar-refractivity contribution >= 4 is 48.8 Å². The van der Waals surface area contributed by atoms with E-state index in [4.69, 9.17) is 4.98 Å². The van der Waals surface area contributed by atoms with Crippen LogP contribution in [0.5, 0.6) is 0 Å². The molecule has 2 heterocycles. The number of hydrogen-bond donors (Lipinski definition) is 0. The van der Waals surface area contributed by atoms with E-state index in [2.05, 4.69) is 34.1 Å². The number of rotatable bonds is 3. The van der Waals surface area contributed by atoms with E-state index < -0.39 is 11.7 Å². The molecular formula is C23H16F3N3S2. The molecule has 0 atom stereocenters. The third kappa shape index (κ3) is 3.77. The lowest BCUT2D eigenvalue weighted by atomic mass is 10.1. The van der Waals surface area contributed by atoms with Gasteiger partial charge in [-0.25, -0.2) is 9.97 Å². The Morgan fingerprint density at radius 3 is 1.58 bits per heavy atom. The lowest BCUT2D eigenvalue weighted by molar-refractivity contribution is -0.137. The minimum atomic E-state index is -4.34. The summed E-state index contributed by atoms with van der Waals surface area (Å²) in [7, 11) is 4.01. The summed E-state index contributed by atoms with van der Waals surface area (Å²) >= 11 is 3.06. The van der Waals surface area contributed by atoms with Gasteiger partial charge in [-0.1, -0.05) is 12.1 Å². The van der Waals surface area contributed by atoms with Crippen LogP contribution >= 0.6 is 22.7 Å². The molecule has 8 heteroatoms. The predicted molar refractivity (Wildman–Crippen MR) is 123 cm³/mol. The molecule has 0 unspecified atom stereocenters. The summed E-state index contributed by atoms with van der Waals surface area (Å²) in [6.07, 6.45) is -4.34. The molecule has 31 heavy (non-hydrogen) atoms. The van der Waals surface area contributed by atoms with Gasteiger partial charge in [-0.3, -0.25) is 0 Å². The smallest absolute Gasteiger partial charge is 0.378 e. The fourth-order valence-corrected chi connectivity index (χ4v) is 5.27. The van der Waals surface area contributed by atoms with Crippen molar-refractivity contribution in [2.45, 2.75) is 6.18 Å². The van der Waals surface area contributed by atoms with Gasteiger partial charge in [-0.15, -0.1) is 22.7 Å². The Kier molecular flexibility index (Phi) is 4.71. The second-order valence-electron chi connectivity index (χ2n) is 7.34. The van der Waals surface area contributed by atoms with Gasteiger partial charge in [0.25, 0.3) is 0 Å². The van der Waals surface area contributed by atoms with Crippen molar-refractivity contribution in [1.82, 2.24) is 9.97 Å². The van der Waals surface area contributed by atoms with Gasteiger partial charge in [0, 0.05) is 30.9 Å². The number of nitrogens with zero attached hydrogens (tertiary/aromatic N) is 3. The van der Waals surface area contributed by atoms with Crippen molar-refractivity contribution in [3.63, 3.8) is 0 Å². The van der Waals surface area contributed by atoms with Crippen LogP contribution < -0.4 is 4.90 Å². The number of hydrogen-bond acceptors (Lipinski definition) is 5. The average Bonchev–Trinajstić information content (AvgIpc) is 3.34. The highest BCUT2D eigenvalue weighted by Crippen LogP contribution is 2.38. The zero-order valence-corrected chi connectivity index (χ0v) is 18.2. The first kappa shape index (κ1) is 20.0. The summed E-state index contributed by atoms with van der Waals surface area (Å²) in [6, 6.07) is 17.4. The maximum atomic E-state index is 12.8. The van der Waals surface area contributed by atoms with Crippen LogP contribution in [0.4, 0.5) is 18.9 Å². The van der Waals surface area contributed by atoms with Crippen molar-refractivity contribution in [2.24, 2.45) is 0 Å². The lowest BCUT2D eigenvalue weighted by Gasteiger charge is -2.11. The van der Waals surface area contributed by atoms with E-state index >= 15 is 0 Å². The first-order valence-electron chi connectivity index (χ1n) is 9.44. The molecule has 0 aliphatic rings. The molecule has 5 aromatic rings. The number of aromatic nitrogens is 2. The van der Waals surface area contributed by atoms with Gasteiger partial charge in [0.05, 0.1) is 26.0 Å². The van der Waals surface area contributed by atoms with E-state index in [-0.39, 0.29) is 0 Å². The molecule has 0 aliphatic carbocycles. The number of alkyl halides is 3. The van der Waals surface area contributed by atoms with Gasteiger partial charge < -0.3 is 4.90 Å². The molecule has 0 saturated heterocycles. The average molecular weight is 456 g/mol. The maximum absolute atomic E-state index is 12.8. The summed E-state index contributed by atoms with van der Waals surface area (Å²) in [5, 5.41) is 1.64. The number of thiazole rings is 2. The van der Waals surface area contributed by atoms with Crippen molar-refractivity contribution < 1.29 is 13.2 Å². The molecule has 0 fully saturated rings. The zero-order valence-electron chi connectivity index (χ0n) is 16.6.